The first kappa shape index (κ1) is 17.3. The van der Waals surface area contributed by atoms with Crippen molar-refractivity contribution in [2.75, 3.05) is 31.6 Å². The van der Waals surface area contributed by atoms with Gasteiger partial charge >= 0.3 is 0 Å². The summed E-state index contributed by atoms with van der Waals surface area (Å²) in [6, 6.07) is 7.72. The summed E-state index contributed by atoms with van der Waals surface area (Å²) in [6.07, 6.45) is 0.833. The summed E-state index contributed by atoms with van der Waals surface area (Å²) < 4.78 is 5.24. The first-order valence-electron chi connectivity index (χ1n) is 7.26. The van der Waals surface area contributed by atoms with Crippen molar-refractivity contribution in [2.24, 2.45) is 5.73 Å². The van der Waals surface area contributed by atoms with Crippen molar-refractivity contribution in [1.29, 1.82) is 0 Å². The molecule has 1 aromatic carbocycles. The molecular formula is C16H27N3O2. The maximum Gasteiger partial charge on any atom is 0.239 e. The predicted octanol–water partition coefficient (Wildman–Crippen LogP) is 1.77. The lowest BCUT2D eigenvalue weighted by Crippen LogP contribution is -2.46. The minimum absolute atomic E-state index is 0.00217. The molecule has 0 bridgehead atoms. The number of benzene rings is 1. The SMILES string of the molecule is COc1cccc(N(CCCN)CC(=O)NC(C)(C)C)c1. The first-order valence-corrected chi connectivity index (χ1v) is 7.26. The predicted molar refractivity (Wildman–Crippen MR) is 86.8 cm³/mol. The minimum atomic E-state index is -0.231. The van der Waals surface area contributed by atoms with Gasteiger partial charge in [-0.3, -0.25) is 4.79 Å². The molecule has 0 heterocycles. The number of hydrogen-bond acceptors (Lipinski definition) is 4. The molecule has 0 saturated heterocycles. The minimum Gasteiger partial charge on any atom is -0.497 e. The van der Waals surface area contributed by atoms with Crippen LogP contribution in [-0.2, 0) is 4.79 Å². The Morgan fingerprint density at radius 2 is 2.10 bits per heavy atom. The molecular weight excluding hydrogens is 266 g/mol. The summed E-state index contributed by atoms with van der Waals surface area (Å²) >= 11 is 0. The highest BCUT2D eigenvalue weighted by atomic mass is 16.5. The topological polar surface area (TPSA) is 67.6 Å². The van der Waals surface area contributed by atoms with E-state index in [0.717, 1.165) is 24.4 Å². The Labute approximate surface area is 127 Å². The van der Waals surface area contributed by atoms with Gasteiger partial charge in [-0.1, -0.05) is 6.07 Å². The van der Waals surface area contributed by atoms with Crippen molar-refractivity contribution in [2.45, 2.75) is 32.7 Å². The number of carbonyl (C=O) groups excluding carboxylic acids is 1. The highest BCUT2D eigenvalue weighted by Gasteiger charge is 2.17. The van der Waals surface area contributed by atoms with E-state index >= 15 is 0 Å². The Hall–Kier alpha value is -1.75. The van der Waals surface area contributed by atoms with E-state index in [0.29, 0.717) is 13.1 Å². The van der Waals surface area contributed by atoms with Gasteiger partial charge in [-0.2, -0.15) is 0 Å². The van der Waals surface area contributed by atoms with Crippen LogP contribution in [0.5, 0.6) is 5.75 Å². The Kier molecular flexibility index (Phi) is 6.49. The fraction of sp³-hybridized carbons (Fsp3) is 0.562. The zero-order chi connectivity index (χ0) is 15.9. The fourth-order valence-corrected chi connectivity index (χ4v) is 2.02. The van der Waals surface area contributed by atoms with E-state index in [1.807, 2.05) is 49.9 Å². The molecule has 0 fully saturated rings. The van der Waals surface area contributed by atoms with Crippen molar-refractivity contribution in [3.05, 3.63) is 24.3 Å². The number of anilines is 1. The van der Waals surface area contributed by atoms with Gasteiger partial charge in [-0.25, -0.2) is 0 Å². The fourth-order valence-electron chi connectivity index (χ4n) is 2.02. The van der Waals surface area contributed by atoms with E-state index in [1.165, 1.54) is 0 Å². The van der Waals surface area contributed by atoms with Crippen LogP contribution >= 0.6 is 0 Å². The Morgan fingerprint density at radius 1 is 1.38 bits per heavy atom. The van der Waals surface area contributed by atoms with Gasteiger partial charge in [0.05, 0.1) is 13.7 Å². The average Bonchev–Trinajstić information content (AvgIpc) is 2.41. The van der Waals surface area contributed by atoms with E-state index in [9.17, 15) is 4.79 Å². The average molecular weight is 293 g/mol. The number of hydrogen-bond donors (Lipinski definition) is 2. The van der Waals surface area contributed by atoms with Gasteiger partial charge < -0.3 is 20.7 Å². The summed E-state index contributed by atoms with van der Waals surface area (Å²) in [4.78, 5) is 14.2. The zero-order valence-corrected chi connectivity index (χ0v) is 13.5. The molecule has 0 radical (unpaired) electrons. The van der Waals surface area contributed by atoms with Crippen molar-refractivity contribution in [3.63, 3.8) is 0 Å². The maximum atomic E-state index is 12.1. The summed E-state index contributed by atoms with van der Waals surface area (Å²) in [5, 5.41) is 2.98. The third kappa shape index (κ3) is 6.49. The second-order valence-electron chi connectivity index (χ2n) is 6.06. The molecule has 118 valence electrons. The van der Waals surface area contributed by atoms with E-state index < -0.39 is 0 Å². The van der Waals surface area contributed by atoms with Crippen LogP contribution in [-0.4, -0.2) is 38.2 Å². The van der Waals surface area contributed by atoms with Crippen LogP contribution in [0.2, 0.25) is 0 Å². The molecule has 0 spiro atoms. The Balaban J connectivity index is 2.81. The summed E-state index contributed by atoms with van der Waals surface area (Å²) in [5.74, 6) is 0.781. The van der Waals surface area contributed by atoms with Gasteiger partial charge in [0, 0.05) is 23.8 Å². The number of amides is 1. The van der Waals surface area contributed by atoms with Crippen LogP contribution < -0.4 is 20.7 Å². The summed E-state index contributed by atoms with van der Waals surface area (Å²) in [6.45, 7) is 7.56. The molecule has 0 aromatic heterocycles. The Bertz CT molecular complexity index is 455. The lowest BCUT2D eigenvalue weighted by molar-refractivity contribution is -0.121. The van der Waals surface area contributed by atoms with Crippen molar-refractivity contribution >= 4 is 11.6 Å². The molecule has 21 heavy (non-hydrogen) atoms. The summed E-state index contributed by atoms with van der Waals surface area (Å²) in [7, 11) is 1.63. The van der Waals surface area contributed by atoms with Gasteiger partial charge in [0.2, 0.25) is 5.91 Å². The third-order valence-electron chi connectivity index (χ3n) is 2.90. The molecule has 1 rings (SSSR count). The van der Waals surface area contributed by atoms with Gasteiger partial charge in [0.1, 0.15) is 5.75 Å². The van der Waals surface area contributed by atoms with Crippen LogP contribution in [0.15, 0.2) is 24.3 Å². The monoisotopic (exact) mass is 293 g/mol. The van der Waals surface area contributed by atoms with E-state index in [2.05, 4.69) is 5.32 Å². The largest absolute Gasteiger partial charge is 0.497 e. The molecule has 1 amide bonds. The normalized spacial score (nSPS) is 11.1. The molecule has 0 aliphatic carbocycles. The molecule has 0 aliphatic rings. The maximum absolute atomic E-state index is 12.1. The second-order valence-corrected chi connectivity index (χ2v) is 6.06. The third-order valence-corrected chi connectivity index (χ3v) is 2.90. The van der Waals surface area contributed by atoms with Gasteiger partial charge in [0.15, 0.2) is 0 Å². The van der Waals surface area contributed by atoms with Crippen molar-refractivity contribution in [3.8, 4) is 5.75 Å². The van der Waals surface area contributed by atoms with Crippen LogP contribution in [0.3, 0.4) is 0 Å². The molecule has 0 atom stereocenters. The van der Waals surface area contributed by atoms with Gasteiger partial charge in [0.25, 0.3) is 0 Å². The first-order chi connectivity index (χ1) is 9.85. The van der Waals surface area contributed by atoms with Crippen LogP contribution in [0, 0.1) is 0 Å². The second kappa shape index (κ2) is 7.88. The van der Waals surface area contributed by atoms with E-state index in [4.69, 9.17) is 10.5 Å². The molecule has 3 N–H and O–H groups in total. The number of ether oxygens (including phenoxy) is 1. The van der Waals surface area contributed by atoms with Crippen molar-refractivity contribution in [1.82, 2.24) is 5.32 Å². The van der Waals surface area contributed by atoms with Crippen LogP contribution in [0.25, 0.3) is 0 Å². The smallest absolute Gasteiger partial charge is 0.239 e. The van der Waals surface area contributed by atoms with E-state index in [-0.39, 0.29) is 11.4 Å². The number of methoxy groups -OCH3 is 1. The lowest BCUT2D eigenvalue weighted by Gasteiger charge is -2.27. The molecule has 0 unspecified atom stereocenters. The number of nitrogens with one attached hydrogen (secondary N) is 1. The van der Waals surface area contributed by atoms with Crippen molar-refractivity contribution < 1.29 is 9.53 Å². The molecule has 0 aliphatic heterocycles. The highest BCUT2D eigenvalue weighted by molar-refractivity contribution is 5.82. The number of nitrogens with two attached hydrogens (primary N) is 1. The highest BCUT2D eigenvalue weighted by Crippen LogP contribution is 2.21. The number of rotatable bonds is 7. The number of carbonyl (C=O) groups is 1. The van der Waals surface area contributed by atoms with Gasteiger partial charge in [-0.05, 0) is 45.9 Å². The molecule has 5 heteroatoms. The van der Waals surface area contributed by atoms with Crippen LogP contribution in [0.4, 0.5) is 5.69 Å². The quantitative estimate of drug-likeness (QED) is 0.804. The van der Waals surface area contributed by atoms with Gasteiger partial charge in [-0.15, -0.1) is 0 Å². The molecule has 5 nitrogen and oxygen atoms in total. The molecule has 0 saturated carbocycles. The standard InChI is InChI=1S/C16H27N3O2/c1-16(2,3)18-15(20)12-19(10-6-9-17)13-7-5-8-14(11-13)21-4/h5,7-8,11H,6,9-10,12,17H2,1-4H3,(H,18,20). The Morgan fingerprint density at radius 3 is 2.67 bits per heavy atom. The van der Waals surface area contributed by atoms with Crippen LogP contribution in [0.1, 0.15) is 27.2 Å². The lowest BCUT2D eigenvalue weighted by atomic mass is 10.1. The zero-order valence-electron chi connectivity index (χ0n) is 13.5. The summed E-state index contributed by atoms with van der Waals surface area (Å²) in [5.41, 5.74) is 6.33. The number of nitrogens with zero attached hydrogens (tertiary/aromatic N) is 1. The molecule has 1 aromatic rings. The van der Waals surface area contributed by atoms with E-state index in [1.54, 1.807) is 7.11 Å².